The summed E-state index contributed by atoms with van der Waals surface area (Å²) in [7, 11) is 0. The number of esters is 1. The standard InChI is InChI=1S/C29H30N6O6.Mg.2Na.4H/c1-5-8-23-30-25(29(3,4)38)24(27(36)39-16-22-17(2)40-28(37)41-22)35(23)15-18-11-13-19(14-12-18)20-9-6-7-10-21(20)26-31-33-34-32-26;;;;;;;/h6-7,9-14,38H,5,8,15-16H2,1-4H3,(H,31,32,33,34);;;;;;;. The van der Waals surface area contributed by atoms with Crippen molar-refractivity contribution < 1.29 is 23.5 Å². The number of hydrogen-bond acceptors (Lipinski definition) is 10. The van der Waals surface area contributed by atoms with Crippen LogP contribution in [0.5, 0.6) is 0 Å². The number of H-pyrrole nitrogens is 1. The fourth-order valence-electron chi connectivity index (χ4n) is 4.60. The van der Waals surface area contributed by atoms with Gasteiger partial charge in [0.1, 0.15) is 17.1 Å². The van der Waals surface area contributed by atoms with Crippen LogP contribution in [-0.2, 0) is 29.9 Å². The summed E-state index contributed by atoms with van der Waals surface area (Å²) in [6.45, 7) is 6.72. The zero-order valence-electron chi connectivity index (χ0n) is 23.2. The van der Waals surface area contributed by atoms with E-state index >= 15 is 0 Å². The van der Waals surface area contributed by atoms with Gasteiger partial charge in [-0.15, -0.1) is 10.2 Å². The molecule has 0 saturated carbocycles. The Hall–Kier alpha value is -2.07. The number of aromatic amines is 1. The number of aryl methyl sites for hydroxylation is 2. The summed E-state index contributed by atoms with van der Waals surface area (Å²) in [6, 6.07) is 15.7. The van der Waals surface area contributed by atoms with Gasteiger partial charge in [0.2, 0.25) is 5.82 Å². The summed E-state index contributed by atoms with van der Waals surface area (Å²) in [5, 5.41) is 25.3. The Kier molecular flexibility index (Phi) is 14.3. The van der Waals surface area contributed by atoms with Crippen LogP contribution < -0.4 is 5.82 Å². The number of carbonyl (C=O) groups excluding carboxylic acids is 1. The van der Waals surface area contributed by atoms with Crippen LogP contribution in [0.1, 0.15) is 66.3 Å². The first-order valence-electron chi connectivity index (χ1n) is 13.2. The van der Waals surface area contributed by atoms with Gasteiger partial charge in [-0.3, -0.25) is 0 Å². The molecule has 5 rings (SSSR count). The molecule has 15 heteroatoms. The molecule has 3 aromatic heterocycles. The number of imidazole rings is 1. The average Bonchev–Trinajstić information content (AvgIpc) is 3.67. The van der Waals surface area contributed by atoms with Crippen LogP contribution in [0.2, 0.25) is 0 Å². The second-order valence-electron chi connectivity index (χ2n) is 10.1. The van der Waals surface area contributed by atoms with Crippen molar-refractivity contribution in [3.8, 4) is 22.5 Å². The Morgan fingerprint density at radius 3 is 2.32 bits per heavy atom. The maximum absolute atomic E-state index is 13.5. The van der Waals surface area contributed by atoms with E-state index in [1.54, 1.807) is 25.3 Å². The quantitative estimate of drug-likeness (QED) is 0.172. The van der Waals surface area contributed by atoms with Gasteiger partial charge >= 0.3 is 94.0 Å². The molecule has 3 heterocycles. The van der Waals surface area contributed by atoms with Crippen LogP contribution >= 0.6 is 0 Å². The van der Waals surface area contributed by atoms with Crippen molar-refractivity contribution in [2.45, 2.75) is 59.3 Å². The number of aliphatic hydroxyl groups is 1. The Morgan fingerprint density at radius 2 is 1.75 bits per heavy atom. The van der Waals surface area contributed by atoms with Crippen LogP contribution in [0.15, 0.2) is 62.2 Å². The molecule has 0 atom stereocenters. The van der Waals surface area contributed by atoms with E-state index in [4.69, 9.17) is 13.6 Å². The van der Waals surface area contributed by atoms with E-state index in [2.05, 4.69) is 25.6 Å². The Balaban J connectivity index is 0.00000225. The van der Waals surface area contributed by atoms with Gasteiger partial charge in [-0.25, -0.2) is 14.6 Å². The minimum atomic E-state index is -1.41. The van der Waals surface area contributed by atoms with E-state index in [1.165, 1.54) is 0 Å². The molecule has 0 amide bonds. The second kappa shape index (κ2) is 16.5. The molecule has 44 heavy (non-hydrogen) atoms. The molecule has 2 N–H and O–H groups in total. The van der Waals surface area contributed by atoms with E-state index in [0.29, 0.717) is 24.6 Å². The molecule has 220 valence electrons. The molecule has 0 aliphatic carbocycles. The predicted octanol–water partition coefficient (Wildman–Crippen LogP) is 1.96. The summed E-state index contributed by atoms with van der Waals surface area (Å²) >= 11 is 0. The number of aromatic nitrogens is 6. The van der Waals surface area contributed by atoms with Crippen LogP contribution in [-0.4, -0.2) is 123 Å². The summed E-state index contributed by atoms with van der Waals surface area (Å²) < 4.78 is 17.1. The summed E-state index contributed by atoms with van der Waals surface area (Å²) in [5.74, 6) is -0.0831. The number of benzene rings is 2. The van der Waals surface area contributed by atoms with Crippen molar-refractivity contribution in [2.75, 3.05) is 0 Å². The Morgan fingerprint density at radius 1 is 1.07 bits per heavy atom. The first kappa shape index (κ1) is 38.1. The van der Waals surface area contributed by atoms with Gasteiger partial charge < -0.3 is 23.2 Å². The van der Waals surface area contributed by atoms with Crippen molar-refractivity contribution in [3.63, 3.8) is 0 Å². The molecule has 12 nitrogen and oxygen atoms in total. The van der Waals surface area contributed by atoms with Crippen LogP contribution in [0.3, 0.4) is 0 Å². The molecule has 2 aromatic carbocycles. The van der Waals surface area contributed by atoms with Crippen molar-refractivity contribution in [3.05, 3.63) is 93.4 Å². The molecule has 0 aliphatic heterocycles. The second-order valence-corrected chi connectivity index (χ2v) is 10.1. The number of rotatable bonds is 10. The van der Waals surface area contributed by atoms with Crippen molar-refractivity contribution >= 4 is 88.1 Å². The number of carbonyl (C=O) groups is 1. The first-order chi connectivity index (χ1) is 19.7. The van der Waals surface area contributed by atoms with E-state index in [-0.39, 0.29) is 112 Å². The van der Waals surface area contributed by atoms with Gasteiger partial charge in [0, 0.05) is 18.5 Å². The average molecular weight is 633 g/mol. The van der Waals surface area contributed by atoms with Gasteiger partial charge in [0.25, 0.3) is 0 Å². The maximum atomic E-state index is 13.5. The summed E-state index contributed by atoms with van der Waals surface area (Å²) in [5.41, 5.74) is 2.60. The minimum absolute atomic E-state index is 0. The van der Waals surface area contributed by atoms with Gasteiger partial charge in [0.15, 0.2) is 23.8 Å². The summed E-state index contributed by atoms with van der Waals surface area (Å²) in [4.78, 5) is 29.5. The summed E-state index contributed by atoms with van der Waals surface area (Å²) in [6.07, 6.45) is 1.37. The predicted molar refractivity (Wildman–Crippen MR) is 170 cm³/mol. The van der Waals surface area contributed by atoms with E-state index in [9.17, 15) is 14.7 Å². The number of nitrogens with zero attached hydrogens (tertiary/aromatic N) is 5. The number of tetrazole rings is 1. The van der Waals surface area contributed by atoms with Crippen LogP contribution in [0.4, 0.5) is 0 Å². The first-order valence-corrected chi connectivity index (χ1v) is 13.2. The van der Waals surface area contributed by atoms with Gasteiger partial charge in [-0.2, -0.15) is 5.21 Å². The normalized spacial score (nSPS) is 10.8. The van der Waals surface area contributed by atoms with E-state index in [1.807, 2.05) is 55.5 Å². The molecule has 0 spiro atoms. The molecular weight excluding hydrogens is 599 g/mol. The zero-order valence-corrected chi connectivity index (χ0v) is 23.2. The third-order valence-corrected chi connectivity index (χ3v) is 6.58. The van der Waals surface area contributed by atoms with Crippen molar-refractivity contribution in [2.24, 2.45) is 0 Å². The van der Waals surface area contributed by atoms with Crippen molar-refractivity contribution in [1.29, 1.82) is 0 Å². The molecule has 0 radical (unpaired) electrons. The molecule has 5 aromatic rings. The number of hydrogen-bond donors (Lipinski definition) is 2. The number of ether oxygens (including phenoxy) is 1. The van der Waals surface area contributed by atoms with Crippen molar-refractivity contribution in [1.82, 2.24) is 30.2 Å². The molecule has 0 fully saturated rings. The number of nitrogens with one attached hydrogen (secondary N) is 1. The molecule has 0 unspecified atom stereocenters. The SMILES string of the molecule is CCCc1nc(C(C)(C)O)c(C(=O)OCc2oc(=O)oc2C)n1Cc1ccc(-c2ccccc2-c2nn[nH]n2)cc1.[MgH2].[NaH].[NaH]. The van der Waals surface area contributed by atoms with Crippen LogP contribution in [0.25, 0.3) is 22.5 Å². The fraction of sp³-hybridized carbons (Fsp3) is 0.310. The van der Waals surface area contributed by atoms with Gasteiger partial charge in [-0.1, -0.05) is 55.5 Å². The zero-order chi connectivity index (χ0) is 29.1. The molecule has 0 saturated heterocycles. The third kappa shape index (κ3) is 8.59. The fourth-order valence-corrected chi connectivity index (χ4v) is 4.60. The monoisotopic (exact) mass is 632 g/mol. The third-order valence-electron chi connectivity index (χ3n) is 6.58. The molecular formula is C29H34MgN6Na2O6. The van der Waals surface area contributed by atoms with Gasteiger partial charge in [-0.05, 0) is 49.1 Å². The Labute approximate surface area is 314 Å². The molecule has 0 aliphatic rings. The van der Waals surface area contributed by atoms with E-state index in [0.717, 1.165) is 28.7 Å². The van der Waals surface area contributed by atoms with Crippen LogP contribution in [0, 0.1) is 6.92 Å². The van der Waals surface area contributed by atoms with E-state index < -0.39 is 17.4 Å². The molecule has 0 bridgehead atoms. The Bertz CT molecular complexity index is 1730. The van der Waals surface area contributed by atoms with Gasteiger partial charge in [0.05, 0.1) is 0 Å². The topological polar surface area (TPSA) is 162 Å².